The third kappa shape index (κ3) is 4.26. The lowest BCUT2D eigenvalue weighted by Crippen LogP contribution is -2.10. The first kappa shape index (κ1) is 13.9. The van der Waals surface area contributed by atoms with Gasteiger partial charge in [-0.25, -0.2) is 4.98 Å². The van der Waals surface area contributed by atoms with Crippen molar-refractivity contribution in [1.29, 1.82) is 0 Å². The van der Waals surface area contributed by atoms with Gasteiger partial charge in [-0.15, -0.1) is 0 Å². The second kappa shape index (κ2) is 6.59. The molecular weight excluding hydrogens is 280 g/mol. The maximum absolute atomic E-state index is 11.1. The number of carbonyl (C=O) groups is 1. The minimum Gasteiger partial charge on any atom is -0.366 e. The normalized spacial score (nSPS) is 10.4. The van der Waals surface area contributed by atoms with Crippen LogP contribution in [-0.4, -0.2) is 10.9 Å². The second-order valence-corrected chi connectivity index (χ2v) is 5.42. The van der Waals surface area contributed by atoms with Gasteiger partial charge in [0.2, 0.25) is 5.91 Å². The summed E-state index contributed by atoms with van der Waals surface area (Å²) in [5, 5.41) is 0.503. The van der Waals surface area contributed by atoms with Gasteiger partial charge in [0.15, 0.2) is 0 Å². The number of amides is 1. The summed E-state index contributed by atoms with van der Waals surface area (Å²) < 4.78 is 0. The Balaban J connectivity index is 1.90. The van der Waals surface area contributed by atoms with Crippen LogP contribution in [0.2, 0.25) is 5.15 Å². The number of carbonyl (C=O) groups excluding carboxylic acids is 1. The number of rotatable bonds is 5. The first-order chi connectivity index (χ1) is 9.15. The molecule has 2 rings (SSSR count). The number of aromatic nitrogens is 1. The first-order valence-corrected chi connectivity index (χ1v) is 7.25. The Kier molecular flexibility index (Phi) is 4.82. The predicted octanol–water partition coefficient (Wildman–Crippen LogP) is 3.27. The molecule has 1 amide bonds. The highest BCUT2D eigenvalue weighted by Crippen LogP contribution is 2.18. The van der Waals surface area contributed by atoms with Gasteiger partial charge in [-0.1, -0.05) is 29.8 Å². The molecule has 1 aromatic heterocycles. The number of nitrogens with zero attached hydrogens (tertiary/aromatic N) is 1. The zero-order valence-corrected chi connectivity index (χ0v) is 11.7. The predicted molar refractivity (Wildman–Crippen MR) is 79.2 cm³/mol. The minimum atomic E-state index is -0.395. The van der Waals surface area contributed by atoms with E-state index in [1.165, 1.54) is 0 Å². The van der Waals surface area contributed by atoms with Gasteiger partial charge >= 0.3 is 0 Å². The Hall–Kier alpha value is -1.52. The molecule has 1 aromatic carbocycles. The molecule has 0 fully saturated rings. The van der Waals surface area contributed by atoms with Crippen molar-refractivity contribution in [2.45, 2.75) is 11.5 Å². The quantitative estimate of drug-likeness (QED) is 0.861. The van der Waals surface area contributed by atoms with Crippen molar-refractivity contribution in [2.75, 3.05) is 0 Å². The fraction of sp³-hybridized carbons (Fsp3) is 0.143. The lowest BCUT2D eigenvalue weighted by molar-refractivity contribution is 0.1000. The summed E-state index contributed by atoms with van der Waals surface area (Å²) in [4.78, 5) is 15.1. The summed E-state index contributed by atoms with van der Waals surface area (Å²) in [7, 11) is 0. The largest absolute Gasteiger partial charge is 0.366 e. The van der Waals surface area contributed by atoms with Crippen molar-refractivity contribution >= 4 is 29.3 Å². The van der Waals surface area contributed by atoms with Crippen LogP contribution in [-0.2, 0) is 11.5 Å². The third-order valence-electron chi connectivity index (χ3n) is 2.54. The van der Waals surface area contributed by atoms with E-state index in [-0.39, 0.29) is 0 Å². The number of hydrogen-bond donors (Lipinski definition) is 1. The summed E-state index contributed by atoms with van der Waals surface area (Å²) in [5.74, 6) is 1.28. The lowest BCUT2D eigenvalue weighted by Gasteiger charge is -2.04. The Morgan fingerprint density at radius 1 is 1.21 bits per heavy atom. The van der Waals surface area contributed by atoms with Crippen LogP contribution in [0.15, 0.2) is 42.6 Å². The number of benzene rings is 1. The van der Waals surface area contributed by atoms with Gasteiger partial charge < -0.3 is 5.73 Å². The summed E-state index contributed by atoms with van der Waals surface area (Å²) >= 11 is 7.48. The zero-order valence-electron chi connectivity index (χ0n) is 10.2. The Morgan fingerprint density at radius 2 is 2.00 bits per heavy atom. The number of nitrogens with two attached hydrogens (primary N) is 1. The monoisotopic (exact) mass is 292 g/mol. The van der Waals surface area contributed by atoms with Crippen LogP contribution in [0.4, 0.5) is 0 Å². The van der Waals surface area contributed by atoms with E-state index in [1.807, 2.05) is 24.3 Å². The molecule has 0 aliphatic rings. The highest BCUT2D eigenvalue weighted by atomic mass is 35.5. The molecule has 19 heavy (non-hydrogen) atoms. The molecule has 0 aliphatic carbocycles. The second-order valence-electron chi connectivity index (χ2n) is 4.05. The molecule has 0 atom stereocenters. The SMILES string of the molecule is NC(=O)c1cccc(CSCc2ccc(Cl)nc2)c1. The van der Waals surface area contributed by atoms with E-state index in [0.29, 0.717) is 10.7 Å². The van der Waals surface area contributed by atoms with Crippen molar-refractivity contribution in [3.8, 4) is 0 Å². The number of primary amides is 1. The molecule has 0 bridgehead atoms. The fourth-order valence-corrected chi connectivity index (χ4v) is 2.63. The van der Waals surface area contributed by atoms with E-state index in [2.05, 4.69) is 4.98 Å². The van der Waals surface area contributed by atoms with Crippen LogP contribution in [0.1, 0.15) is 21.5 Å². The smallest absolute Gasteiger partial charge is 0.248 e. The van der Waals surface area contributed by atoms with Crippen molar-refractivity contribution < 1.29 is 4.79 Å². The molecule has 0 saturated heterocycles. The summed E-state index contributed by atoms with van der Waals surface area (Å²) in [6.07, 6.45) is 1.77. The summed E-state index contributed by atoms with van der Waals surface area (Å²) in [6.45, 7) is 0. The molecule has 2 aromatic rings. The number of halogens is 1. The van der Waals surface area contributed by atoms with Gasteiger partial charge in [0, 0.05) is 23.3 Å². The van der Waals surface area contributed by atoms with Gasteiger partial charge in [-0.3, -0.25) is 4.79 Å². The van der Waals surface area contributed by atoms with Crippen molar-refractivity contribution in [1.82, 2.24) is 4.98 Å². The van der Waals surface area contributed by atoms with Crippen LogP contribution >= 0.6 is 23.4 Å². The topological polar surface area (TPSA) is 56.0 Å². The van der Waals surface area contributed by atoms with E-state index in [0.717, 1.165) is 22.6 Å². The molecule has 98 valence electrons. The van der Waals surface area contributed by atoms with Gasteiger partial charge in [0.05, 0.1) is 0 Å². The lowest BCUT2D eigenvalue weighted by atomic mass is 10.1. The average Bonchev–Trinajstić information content (AvgIpc) is 2.41. The first-order valence-electron chi connectivity index (χ1n) is 5.72. The Morgan fingerprint density at radius 3 is 2.68 bits per heavy atom. The number of thioether (sulfide) groups is 1. The standard InChI is InChI=1S/C14H13ClN2OS/c15-13-5-4-11(7-17-13)9-19-8-10-2-1-3-12(6-10)14(16)18/h1-7H,8-9H2,(H2,16,18). The molecule has 0 aliphatic heterocycles. The van der Waals surface area contributed by atoms with Gasteiger partial charge in [-0.2, -0.15) is 11.8 Å². The van der Waals surface area contributed by atoms with Gasteiger partial charge in [0.25, 0.3) is 0 Å². The molecule has 0 spiro atoms. The zero-order chi connectivity index (χ0) is 13.7. The van der Waals surface area contributed by atoms with Crippen LogP contribution in [0, 0.1) is 0 Å². The van der Waals surface area contributed by atoms with Gasteiger partial charge in [-0.05, 0) is 29.3 Å². The van der Waals surface area contributed by atoms with E-state index in [1.54, 1.807) is 30.1 Å². The maximum Gasteiger partial charge on any atom is 0.248 e. The summed E-state index contributed by atoms with van der Waals surface area (Å²) in [6, 6.07) is 11.1. The Bertz CT molecular complexity index is 572. The molecule has 5 heteroatoms. The van der Waals surface area contributed by atoms with E-state index in [9.17, 15) is 4.79 Å². The Labute approximate surface area is 121 Å². The maximum atomic E-state index is 11.1. The van der Waals surface area contributed by atoms with Crippen LogP contribution in [0.5, 0.6) is 0 Å². The van der Waals surface area contributed by atoms with Crippen molar-refractivity contribution in [3.63, 3.8) is 0 Å². The van der Waals surface area contributed by atoms with Gasteiger partial charge in [0.1, 0.15) is 5.15 Å². The highest BCUT2D eigenvalue weighted by molar-refractivity contribution is 7.97. The molecule has 3 nitrogen and oxygen atoms in total. The summed E-state index contributed by atoms with van der Waals surface area (Å²) in [5.41, 5.74) is 8.01. The minimum absolute atomic E-state index is 0.395. The van der Waals surface area contributed by atoms with Crippen LogP contribution in [0.25, 0.3) is 0 Å². The van der Waals surface area contributed by atoms with Crippen LogP contribution in [0.3, 0.4) is 0 Å². The molecule has 1 heterocycles. The highest BCUT2D eigenvalue weighted by Gasteiger charge is 2.02. The van der Waals surface area contributed by atoms with E-state index >= 15 is 0 Å². The van der Waals surface area contributed by atoms with E-state index < -0.39 is 5.91 Å². The van der Waals surface area contributed by atoms with E-state index in [4.69, 9.17) is 17.3 Å². The molecule has 0 radical (unpaired) electrons. The molecular formula is C14H13ClN2OS. The number of pyridine rings is 1. The third-order valence-corrected chi connectivity index (χ3v) is 3.84. The van der Waals surface area contributed by atoms with Crippen molar-refractivity contribution in [2.24, 2.45) is 5.73 Å². The van der Waals surface area contributed by atoms with Crippen LogP contribution < -0.4 is 5.73 Å². The number of hydrogen-bond acceptors (Lipinski definition) is 3. The van der Waals surface area contributed by atoms with Crippen molar-refractivity contribution in [3.05, 3.63) is 64.4 Å². The molecule has 2 N–H and O–H groups in total. The molecule has 0 unspecified atom stereocenters. The fourth-order valence-electron chi connectivity index (χ4n) is 1.59. The molecule has 0 saturated carbocycles. The average molecular weight is 293 g/mol.